The van der Waals surface area contributed by atoms with Gasteiger partial charge in [-0.15, -0.1) is 23.1 Å². The zero-order valence-corrected chi connectivity index (χ0v) is 15.2. The highest BCUT2D eigenvalue weighted by atomic mass is 32.2. The van der Waals surface area contributed by atoms with Crippen molar-refractivity contribution in [1.82, 2.24) is 9.97 Å². The molecule has 2 aromatic heterocycles. The van der Waals surface area contributed by atoms with Crippen LogP contribution in [-0.4, -0.2) is 9.97 Å². The lowest BCUT2D eigenvalue weighted by molar-refractivity contribution is 0.509. The number of fused-ring (bicyclic) bond motifs is 3. The lowest BCUT2D eigenvalue weighted by Crippen LogP contribution is -2.14. The Morgan fingerprint density at radius 1 is 1.40 bits per heavy atom. The van der Waals surface area contributed by atoms with Gasteiger partial charge in [0.15, 0.2) is 0 Å². The molecule has 1 aliphatic rings. The fourth-order valence-corrected chi connectivity index (χ4v) is 5.43. The van der Waals surface area contributed by atoms with Gasteiger partial charge in [0.25, 0.3) is 5.56 Å². The van der Waals surface area contributed by atoms with Crippen LogP contribution in [0.25, 0.3) is 10.2 Å². The van der Waals surface area contributed by atoms with E-state index in [-0.39, 0.29) is 16.2 Å². The normalized spacial score (nSPS) is 17.0. The molecule has 0 unspecified atom stereocenters. The van der Waals surface area contributed by atoms with Crippen molar-refractivity contribution < 1.29 is 8.78 Å². The minimum atomic E-state index is -0.485. The van der Waals surface area contributed by atoms with E-state index in [2.05, 4.69) is 16.9 Å². The molecule has 0 radical (unpaired) electrons. The minimum Gasteiger partial charge on any atom is -0.309 e. The van der Waals surface area contributed by atoms with E-state index in [1.165, 1.54) is 4.88 Å². The van der Waals surface area contributed by atoms with Gasteiger partial charge >= 0.3 is 0 Å². The van der Waals surface area contributed by atoms with Gasteiger partial charge in [0, 0.05) is 9.77 Å². The summed E-state index contributed by atoms with van der Waals surface area (Å²) in [5.41, 5.74) is 1.01. The molecule has 1 N–H and O–H groups in total. The number of H-pyrrole nitrogens is 1. The maximum atomic E-state index is 13.7. The Hall–Kier alpha value is -1.73. The van der Waals surface area contributed by atoms with Gasteiger partial charge in [-0.2, -0.15) is 0 Å². The van der Waals surface area contributed by atoms with Crippen molar-refractivity contribution in [3.8, 4) is 0 Å². The number of aromatic amines is 1. The molecule has 130 valence electrons. The predicted molar refractivity (Wildman–Crippen MR) is 97.3 cm³/mol. The number of hydrogen-bond donors (Lipinski definition) is 1. The van der Waals surface area contributed by atoms with E-state index < -0.39 is 11.6 Å². The molecule has 0 saturated carbocycles. The molecule has 4 rings (SSSR count). The quantitative estimate of drug-likeness (QED) is 0.673. The highest BCUT2D eigenvalue weighted by molar-refractivity contribution is 7.98. The maximum absolute atomic E-state index is 13.7. The van der Waals surface area contributed by atoms with E-state index in [4.69, 9.17) is 0 Å². The Morgan fingerprint density at radius 3 is 3.08 bits per heavy atom. The third-order valence-corrected chi connectivity index (χ3v) is 6.66. The molecule has 0 amide bonds. The second-order valence-electron chi connectivity index (χ2n) is 6.41. The summed E-state index contributed by atoms with van der Waals surface area (Å²) in [7, 11) is 0. The van der Waals surface area contributed by atoms with Crippen LogP contribution in [0.1, 0.15) is 29.6 Å². The summed E-state index contributed by atoms with van der Waals surface area (Å²) in [5.74, 6) is 0.435. The van der Waals surface area contributed by atoms with Crippen molar-refractivity contribution in [2.24, 2.45) is 5.92 Å². The van der Waals surface area contributed by atoms with Crippen molar-refractivity contribution in [2.45, 2.75) is 36.8 Å². The molecule has 0 bridgehead atoms. The average Bonchev–Trinajstić information content (AvgIpc) is 2.93. The number of halogens is 2. The number of rotatable bonds is 3. The third-order valence-electron chi connectivity index (χ3n) is 4.47. The van der Waals surface area contributed by atoms with Crippen LogP contribution in [0.15, 0.2) is 27.9 Å². The average molecular weight is 378 g/mol. The monoisotopic (exact) mass is 378 g/mol. The van der Waals surface area contributed by atoms with Gasteiger partial charge in [0.05, 0.1) is 11.1 Å². The van der Waals surface area contributed by atoms with E-state index in [1.54, 1.807) is 11.3 Å². The molecule has 0 aliphatic heterocycles. The molecule has 7 heteroatoms. The summed E-state index contributed by atoms with van der Waals surface area (Å²) < 4.78 is 27.0. The van der Waals surface area contributed by atoms with Crippen LogP contribution in [-0.2, 0) is 18.6 Å². The first kappa shape index (κ1) is 16.7. The molecular weight excluding hydrogens is 362 g/mol. The largest absolute Gasteiger partial charge is 0.309 e. The summed E-state index contributed by atoms with van der Waals surface area (Å²) in [6.07, 6.45) is 3.01. The first-order valence-corrected chi connectivity index (χ1v) is 9.92. The molecule has 3 nitrogen and oxygen atoms in total. The Balaban J connectivity index is 1.65. The lowest BCUT2D eigenvalue weighted by atomic mass is 9.89. The number of aryl methyl sites for hydroxylation is 1. The molecular formula is C18H16F2N2OS2. The fraction of sp³-hybridized carbons (Fsp3) is 0.333. The van der Waals surface area contributed by atoms with Crippen molar-refractivity contribution >= 4 is 33.3 Å². The zero-order valence-electron chi connectivity index (χ0n) is 13.6. The van der Waals surface area contributed by atoms with Gasteiger partial charge in [0.2, 0.25) is 0 Å². The van der Waals surface area contributed by atoms with Gasteiger partial charge < -0.3 is 4.98 Å². The van der Waals surface area contributed by atoms with Crippen LogP contribution in [0.4, 0.5) is 8.78 Å². The molecule has 0 saturated heterocycles. The SMILES string of the molecule is C[C@@H]1CCc2c(sc3nc(CSc4cc(F)ccc4F)[nH]c(=O)c23)C1. The van der Waals surface area contributed by atoms with Crippen molar-refractivity contribution in [3.63, 3.8) is 0 Å². The zero-order chi connectivity index (χ0) is 17.6. The lowest BCUT2D eigenvalue weighted by Gasteiger charge is -2.17. The van der Waals surface area contributed by atoms with Gasteiger partial charge in [-0.25, -0.2) is 13.8 Å². The summed E-state index contributed by atoms with van der Waals surface area (Å²) in [6, 6.07) is 3.34. The second-order valence-corrected chi connectivity index (χ2v) is 8.51. The number of hydrogen-bond acceptors (Lipinski definition) is 4. The highest BCUT2D eigenvalue weighted by Crippen LogP contribution is 2.36. The minimum absolute atomic E-state index is 0.132. The second kappa shape index (κ2) is 6.53. The summed E-state index contributed by atoms with van der Waals surface area (Å²) >= 11 is 2.71. The summed E-state index contributed by atoms with van der Waals surface area (Å²) in [5, 5.41) is 0.706. The number of aromatic nitrogens is 2. The number of nitrogens with one attached hydrogen (secondary N) is 1. The highest BCUT2D eigenvalue weighted by Gasteiger charge is 2.23. The Morgan fingerprint density at radius 2 is 2.24 bits per heavy atom. The van der Waals surface area contributed by atoms with E-state index in [0.29, 0.717) is 17.1 Å². The van der Waals surface area contributed by atoms with Crippen LogP contribution in [0.3, 0.4) is 0 Å². The van der Waals surface area contributed by atoms with Crippen LogP contribution in [0.2, 0.25) is 0 Å². The smallest absolute Gasteiger partial charge is 0.259 e. The predicted octanol–water partition coefficient (Wildman–Crippen LogP) is 4.68. The standard InChI is InChI=1S/C18H16F2N2OS2/c1-9-2-4-11-13(6-9)25-18-16(11)17(23)21-15(22-18)8-24-14-7-10(19)3-5-12(14)20/h3,5,7,9H,2,4,6,8H2,1H3,(H,21,22,23)/t9-/m1/s1. The number of thiophene rings is 1. The number of thioether (sulfide) groups is 1. The maximum Gasteiger partial charge on any atom is 0.259 e. The van der Waals surface area contributed by atoms with Crippen molar-refractivity contribution in [2.75, 3.05) is 0 Å². The molecule has 0 fully saturated rings. The molecule has 25 heavy (non-hydrogen) atoms. The molecule has 1 atom stereocenters. The Bertz CT molecular complexity index is 1010. The van der Waals surface area contributed by atoms with Crippen LogP contribution < -0.4 is 5.56 Å². The summed E-state index contributed by atoms with van der Waals surface area (Å²) in [4.78, 5) is 22.1. The van der Waals surface area contributed by atoms with E-state index >= 15 is 0 Å². The molecule has 2 heterocycles. The summed E-state index contributed by atoms with van der Waals surface area (Å²) in [6.45, 7) is 2.22. The van der Waals surface area contributed by atoms with Crippen LogP contribution in [0, 0.1) is 17.6 Å². The van der Waals surface area contributed by atoms with Gasteiger partial charge in [-0.05, 0) is 48.9 Å². The van der Waals surface area contributed by atoms with Crippen LogP contribution >= 0.6 is 23.1 Å². The first-order chi connectivity index (χ1) is 12.0. The number of benzene rings is 1. The van der Waals surface area contributed by atoms with Gasteiger partial charge in [-0.3, -0.25) is 4.79 Å². The van der Waals surface area contributed by atoms with Crippen LogP contribution in [0.5, 0.6) is 0 Å². The van der Waals surface area contributed by atoms with Gasteiger partial charge in [0.1, 0.15) is 22.3 Å². The van der Waals surface area contributed by atoms with E-state index in [9.17, 15) is 13.6 Å². The number of nitrogens with zero attached hydrogens (tertiary/aromatic N) is 1. The third kappa shape index (κ3) is 3.22. The van der Waals surface area contributed by atoms with Crippen molar-refractivity contribution in [3.05, 3.63) is 56.5 Å². The molecule has 1 aliphatic carbocycles. The van der Waals surface area contributed by atoms with Crippen molar-refractivity contribution in [1.29, 1.82) is 0 Å². The Labute approximate surface area is 151 Å². The van der Waals surface area contributed by atoms with E-state index in [0.717, 1.165) is 59.6 Å². The van der Waals surface area contributed by atoms with Gasteiger partial charge in [-0.1, -0.05) is 6.92 Å². The molecule has 0 spiro atoms. The first-order valence-electron chi connectivity index (χ1n) is 8.12. The molecule has 1 aromatic carbocycles. The Kier molecular flexibility index (Phi) is 4.37. The fourth-order valence-electron chi connectivity index (χ4n) is 3.20. The topological polar surface area (TPSA) is 45.8 Å². The molecule has 3 aromatic rings. The van der Waals surface area contributed by atoms with E-state index in [1.807, 2.05) is 0 Å².